The number of hydrogen-bond acceptors (Lipinski definition) is 5. The fourth-order valence-corrected chi connectivity index (χ4v) is 4.08. The molecular weight excluding hydrogens is 318 g/mol. The number of benzene rings is 2. The van der Waals surface area contributed by atoms with Crippen LogP contribution in [0, 0.1) is 0 Å². The number of sulfonamides is 1. The zero-order valence-corrected chi connectivity index (χ0v) is 13.0. The average Bonchev–Trinajstić information content (AvgIpc) is 2.98. The lowest BCUT2D eigenvalue weighted by molar-refractivity contribution is 0.0702. The molecule has 1 fully saturated rings. The van der Waals surface area contributed by atoms with E-state index in [4.69, 9.17) is 14.2 Å². The molecule has 1 atom stereocenters. The third-order valence-corrected chi connectivity index (χ3v) is 5.69. The minimum absolute atomic E-state index is 0.158. The predicted molar refractivity (Wildman–Crippen MR) is 82.1 cm³/mol. The quantitative estimate of drug-likeness (QED) is 0.801. The highest BCUT2D eigenvalue weighted by Gasteiger charge is 2.42. The van der Waals surface area contributed by atoms with Crippen LogP contribution in [0.25, 0.3) is 0 Å². The third kappa shape index (κ3) is 2.67. The van der Waals surface area contributed by atoms with Gasteiger partial charge in [0.1, 0.15) is 11.9 Å². The van der Waals surface area contributed by atoms with E-state index in [9.17, 15) is 8.76 Å². The predicted octanol–water partition coefficient (Wildman–Crippen LogP) is 2.08. The van der Waals surface area contributed by atoms with Crippen LogP contribution in [0.4, 0.5) is 0 Å². The molecule has 23 heavy (non-hydrogen) atoms. The van der Waals surface area contributed by atoms with Crippen LogP contribution in [0.1, 0.15) is 0 Å². The van der Waals surface area contributed by atoms with E-state index in [-0.39, 0.29) is 12.9 Å². The molecule has 0 N–H and O–H groups in total. The van der Waals surface area contributed by atoms with Gasteiger partial charge in [0.2, 0.25) is 6.79 Å². The minimum Gasteiger partial charge on any atom is -0.593 e. The van der Waals surface area contributed by atoms with Crippen molar-refractivity contribution < 1.29 is 23.0 Å². The van der Waals surface area contributed by atoms with E-state index in [1.54, 1.807) is 48.5 Å². The Labute approximate surface area is 135 Å². The molecule has 0 amide bonds. The van der Waals surface area contributed by atoms with E-state index < -0.39 is 10.4 Å². The molecule has 1 unspecified atom stereocenters. The van der Waals surface area contributed by atoms with Crippen molar-refractivity contribution in [2.24, 2.45) is 0 Å². The van der Waals surface area contributed by atoms with Crippen LogP contribution in [-0.4, -0.2) is 34.8 Å². The van der Waals surface area contributed by atoms with E-state index >= 15 is 0 Å². The summed E-state index contributed by atoms with van der Waals surface area (Å²) in [5, 5.41) is 0. The topological polar surface area (TPSA) is 71.1 Å². The maximum atomic E-state index is 12.4. The Morgan fingerprint density at radius 1 is 1.09 bits per heavy atom. The van der Waals surface area contributed by atoms with Crippen LogP contribution in [0.15, 0.2) is 53.4 Å². The number of nitrogens with zero attached hydrogens (tertiary/aromatic N) is 1. The summed E-state index contributed by atoms with van der Waals surface area (Å²) in [5.41, 5.74) is 0. The van der Waals surface area contributed by atoms with Crippen LogP contribution >= 0.6 is 0 Å². The SMILES string of the molecule is O=[S+]([O-])(c1ccccc1)N1CC(Oc2ccc3c(c2)OCO3)C1. The summed E-state index contributed by atoms with van der Waals surface area (Å²) >= 11 is 0. The second-order valence-corrected chi connectivity index (χ2v) is 7.33. The van der Waals surface area contributed by atoms with Gasteiger partial charge in [0, 0.05) is 6.07 Å². The zero-order valence-electron chi connectivity index (χ0n) is 12.2. The summed E-state index contributed by atoms with van der Waals surface area (Å²) in [6, 6.07) is 13.8. The number of hydrogen-bond donors (Lipinski definition) is 0. The lowest BCUT2D eigenvalue weighted by Gasteiger charge is -2.39. The molecule has 120 valence electrons. The number of ether oxygens (including phenoxy) is 3. The highest BCUT2D eigenvalue weighted by Crippen LogP contribution is 2.36. The Hall–Kier alpha value is -2.09. The van der Waals surface area contributed by atoms with Crippen LogP contribution in [0.5, 0.6) is 17.2 Å². The molecule has 2 aliphatic heterocycles. The van der Waals surface area contributed by atoms with Crippen molar-refractivity contribution in [1.29, 1.82) is 0 Å². The summed E-state index contributed by atoms with van der Waals surface area (Å²) in [5.74, 6) is 1.99. The van der Waals surface area contributed by atoms with Crippen molar-refractivity contribution >= 4 is 10.4 Å². The summed E-state index contributed by atoms with van der Waals surface area (Å²) in [6.45, 7) is 0.892. The Balaban J connectivity index is 1.39. The molecule has 6 nitrogen and oxygen atoms in total. The van der Waals surface area contributed by atoms with E-state index in [0.29, 0.717) is 35.2 Å². The van der Waals surface area contributed by atoms with Gasteiger partial charge in [0.05, 0.1) is 13.1 Å². The molecule has 0 saturated carbocycles. The fourth-order valence-electron chi connectivity index (χ4n) is 2.56. The van der Waals surface area contributed by atoms with Gasteiger partial charge in [-0.2, -0.15) is 0 Å². The van der Waals surface area contributed by atoms with Crippen molar-refractivity contribution in [1.82, 2.24) is 4.31 Å². The van der Waals surface area contributed by atoms with Gasteiger partial charge in [-0.3, -0.25) is 0 Å². The molecule has 7 heteroatoms. The average molecular weight is 333 g/mol. The Kier molecular flexibility index (Phi) is 3.48. The van der Waals surface area contributed by atoms with E-state index in [2.05, 4.69) is 0 Å². The Morgan fingerprint density at radius 2 is 1.83 bits per heavy atom. The van der Waals surface area contributed by atoms with Gasteiger partial charge < -0.3 is 18.8 Å². The monoisotopic (exact) mass is 333 g/mol. The first-order valence-corrected chi connectivity index (χ1v) is 8.68. The van der Waals surface area contributed by atoms with Crippen LogP contribution < -0.4 is 14.2 Å². The molecule has 2 aromatic rings. The molecular formula is C16H15NO5S. The molecule has 2 aliphatic rings. The van der Waals surface area contributed by atoms with E-state index in [1.165, 1.54) is 4.31 Å². The van der Waals surface area contributed by atoms with Crippen LogP contribution in [0.3, 0.4) is 0 Å². The molecule has 0 bridgehead atoms. The van der Waals surface area contributed by atoms with Crippen molar-refractivity contribution in [2.45, 2.75) is 11.0 Å². The Bertz CT molecular complexity index is 760. The van der Waals surface area contributed by atoms with E-state index in [0.717, 1.165) is 0 Å². The first-order valence-electron chi connectivity index (χ1n) is 7.24. The van der Waals surface area contributed by atoms with Gasteiger partial charge in [-0.25, -0.2) is 0 Å². The smallest absolute Gasteiger partial charge is 0.231 e. The van der Waals surface area contributed by atoms with Gasteiger partial charge in [0.15, 0.2) is 26.8 Å². The van der Waals surface area contributed by atoms with Gasteiger partial charge in [-0.1, -0.05) is 22.4 Å². The molecule has 1 saturated heterocycles. The van der Waals surface area contributed by atoms with Gasteiger partial charge in [-0.05, 0) is 24.3 Å². The molecule has 0 spiro atoms. The Morgan fingerprint density at radius 3 is 2.61 bits per heavy atom. The van der Waals surface area contributed by atoms with Crippen LogP contribution in [0.2, 0.25) is 0 Å². The highest BCUT2D eigenvalue weighted by molar-refractivity contribution is 7.95. The fraction of sp³-hybridized carbons (Fsp3) is 0.250. The summed E-state index contributed by atoms with van der Waals surface area (Å²) in [6.07, 6.45) is -0.158. The largest absolute Gasteiger partial charge is 0.593 e. The first kappa shape index (κ1) is 14.5. The molecule has 2 heterocycles. The highest BCUT2D eigenvalue weighted by atomic mass is 32.3. The maximum absolute atomic E-state index is 12.4. The summed E-state index contributed by atoms with van der Waals surface area (Å²) < 4.78 is 42.6. The number of rotatable bonds is 4. The van der Waals surface area contributed by atoms with Crippen molar-refractivity contribution in [3.63, 3.8) is 0 Å². The second kappa shape index (κ2) is 5.52. The van der Waals surface area contributed by atoms with Gasteiger partial charge >= 0.3 is 0 Å². The number of fused-ring (bicyclic) bond motifs is 1. The van der Waals surface area contributed by atoms with Crippen molar-refractivity contribution in [3.05, 3.63) is 48.5 Å². The molecule has 0 aliphatic carbocycles. The van der Waals surface area contributed by atoms with Gasteiger partial charge in [-0.15, -0.1) is 4.31 Å². The molecule has 4 rings (SSSR count). The molecule has 0 radical (unpaired) electrons. The van der Waals surface area contributed by atoms with Crippen molar-refractivity contribution in [2.75, 3.05) is 19.9 Å². The molecule has 2 aromatic carbocycles. The second-order valence-electron chi connectivity index (χ2n) is 5.39. The minimum atomic E-state index is -3.43. The zero-order chi connectivity index (χ0) is 15.9. The lowest BCUT2D eigenvalue weighted by Crippen LogP contribution is -2.58. The first-order chi connectivity index (χ1) is 11.1. The lowest BCUT2D eigenvalue weighted by atomic mass is 10.2. The normalized spacial score (nSPS) is 19.9. The van der Waals surface area contributed by atoms with Crippen molar-refractivity contribution in [3.8, 4) is 17.2 Å². The standard InChI is InChI=1S/C16H15NO5S/c18-23(19,14-4-2-1-3-5-14)17-9-13(10-17)22-12-6-7-15-16(8-12)21-11-20-15/h1-8,13H,9-11H2. The summed E-state index contributed by atoms with van der Waals surface area (Å²) in [4.78, 5) is 0.307. The summed E-state index contributed by atoms with van der Waals surface area (Å²) in [7, 11) is -3.43. The van der Waals surface area contributed by atoms with Gasteiger partial charge in [0.25, 0.3) is 0 Å². The van der Waals surface area contributed by atoms with Crippen LogP contribution in [-0.2, 0) is 14.6 Å². The molecule has 0 aromatic heterocycles. The third-order valence-electron chi connectivity index (χ3n) is 3.84. The maximum Gasteiger partial charge on any atom is 0.231 e. The van der Waals surface area contributed by atoms with E-state index in [1.807, 2.05) is 0 Å².